The number of sulfonamides is 1. The van der Waals surface area contributed by atoms with Crippen LogP contribution in [0.1, 0.15) is 23.3 Å². The Morgan fingerprint density at radius 1 is 1.19 bits per heavy atom. The van der Waals surface area contributed by atoms with E-state index in [0.717, 1.165) is 15.8 Å². The standard InChI is InChI=1S/C17H18BF2N3O2S/c1-17(13-8-7-12(19)9-14(13)20)15(10-3-5-11(18)6-4-10)26(24,25)23(2)16(21)22-17/h3-9,15H,18H2,1-2H3,(H2,21,22)/t15-,17-/m1/s1. The highest BCUT2D eigenvalue weighted by atomic mass is 32.2. The molecule has 26 heavy (non-hydrogen) atoms. The highest BCUT2D eigenvalue weighted by Gasteiger charge is 2.53. The quantitative estimate of drug-likeness (QED) is 0.767. The largest absolute Gasteiger partial charge is 0.345 e. The average molecular weight is 377 g/mol. The lowest BCUT2D eigenvalue weighted by molar-refractivity contribution is 0.344. The van der Waals surface area contributed by atoms with Crippen molar-refractivity contribution < 1.29 is 17.2 Å². The summed E-state index contributed by atoms with van der Waals surface area (Å²) in [5.74, 6) is -2.00. The van der Waals surface area contributed by atoms with Crippen LogP contribution in [0.4, 0.5) is 8.78 Å². The van der Waals surface area contributed by atoms with Crippen LogP contribution >= 0.6 is 0 Å². The van der Waals surface area contributed by atoms with Crippen molar-refractivity contribution in [1.29, 1.82) is 5.41 Å². The molecule has 2 aromatic rings. The van der Waals surface area contributed by atoms with E-state index in [1.807, 2.05) is 7.85 Å². The molecule has 0 amide bonds. The predicted molar refractivity (Wildman–Crippen MR) is 98.6 cm³/mol. The minimum Gasteiger partial charge on any atom is -0.345 e. The topological polar surface area (TPSA) is 73.3 Å². The van der Waals surface area contributed by atoms with Crippen molar-refractivity contribution in [3.05, 3.63) is 65.2 Å². The summed E-state index contributed by atoms with van der Waals surface area (Å²) in [5, 5.41) is 9.60. The molecule has 0 unspecified atom stereocenters. The second-order valence-corrected chi connectivity index (χ2v) is 8.65. The summed E-state index contributed by atoms with van der Waals surface area (Å²) in [6.07, 6.45) is 0. The van der Waals surface area contributed by atoms with Gasteiger partial charge in [-0.05, 0) is 18.6 Å². The molecule has 0 saturated carbocycles. The Kier molecular flexibility index (Phi) is 4.30. The van der Waals surface area contributed by atoms with E-state index in [1.165, 1.54) is 20.0 Å². The fourth-order valence-corrected chi connectivity index (χ4v) is 5.24. The Balaban J connectivity index is 2.28. The van der Waals surface area contributed by atoms with E-state index in [-0.39, 0.29) is 11.5 Å². The van der Waals surface area contributed by atoms with E-state index >= 15 is 0 Å². The molecule has 0 spiro atoms. The summed E-state index contributed by atoms with van der Waals surface area (Å²) in [6, 6.07) is 9.88. The van der Waals surface area contributed by atoms with Gasteiger partial charge in [0.2, 0.25) is 16.0 Å². The van der Waals surface area contributed by atoms with Crippen molar-refractivity contribution in [3.8, 4) is 0 Å². The molecule has 0 radical (unpaired) electrons. The van der Waals surface area contributed by atoms with Crippen LogP contribution in [0.2, 0.25) is 0 Å². The van der Waals surface area contributed by atoms with Crippen molar-refractivity contribution in [1.82, 2.24) is 9.62 Å². The molecule has 1 heterocycles. The molecule has 136 valence electrons. The van der Waals surface area contributed by atoms with Gasteiger partial charge < -0.3 is 5.32 Å². The Morgan fingerprint density at radius 3 is 2.38 bits per heavy atom. The van der Waals surface area contributed by atoms with Gasteiger partial charge in [0.25, 0.3) is 0 Å². The number of halogens is 2. The van der Waals surface area contributed by atoms with Crippen LogP contribution in [0.25, 0.3) is 0 Å². The van der Waals surface area contributed by atoms with Gasteiger partial charge >= 0.3 is 0 Å². The van der Waals surface area contributed by atoms with Crippen molar-refractivity contribution in [2.24, 2.45) is 0 Å². The lowest BCUT2D eigenvalue weighted by Gasteiger charge is -2.46. The van der Waals surface area contributed by atoms with Crippen LogP contribution < -0.4 is 10.8 Å². The van der Waals surface area contributed by atoms with E-state index < -0.39 is 32.4 Å². The van der Waals surface area contributed by atoms with Gasteiger partial charge in [-0.1, -0.05) is 35.8 Å². The van der Waals surface area contributed by atoms with Crippen LogP contribution in [0, 0.1) is 17.0 Å². The van der Waals surface area contributed by atoms with Crippen molar-refractivity contribution in [3.63, 3.8) is 0 Å². The molecule has 3 rings (SSSR count). The van der Waals surface area contributed by atoms with E-state index in [9.17, 15) is 17.2 Å². The van der Waals surface area contributed by atoms with Gasteiger partial charge in [0.05, 0.1) is 5.54 Å². The first kappa shape index (κ1) is 18.4. The third-order valence-corrected chi connectivity index (χ3v) is 7.05. The fourth-order valence-electron chi connectivity index (χ4n) is 3.34. The lowest BCUT2D eigenvalue weighted by atomic mass is 9.83. The van der Waals surface area contributed by atoms with Gasteiger partial charge in [-0.2, -0.15) is 0 Å². The zero-order valence-electron chi connectivity index (χ0n) is 14.5. The van der Waals surface area contributed by atoms with Crippen molar-refractivity contribution in [2.75, 3.05) is 7.05 Å². The molecule has 1 aliphatic rings. The SMILES string of the molecule is Bc1ccc([C@@H]2[C@@](C)(c3ccc(F)cc3F)NC(=N)N(C)S2(=O)=O)cc1. The normalized spacial score (nSPS) is 25.0. The van der Waals surface area contributed by atoms with E-state index in [4.69, 9.17) is 5.41 Å². The van der Waals surface area contributed by atoms with Gasteiger partial charge in [0.1, 0.15) is 24.7 Å². The molecule has 0 aliphatic carbocycles. The summed E-state index contributed by atoms with van der Waals surface area (Å²) < 4.78 is 55.0. The molecule has 2 atom stereocenters. The number of benzene rings is 2. The Hall–Kier alpha value is -2.42. The highest BCUT2D eigenvalue weighted by Crippen LogP contribution is 2.45. The summed E-state index contributed by atoms with van der Waals surface area (Å²) in [6.45, 7) is 1.51. The number of rotatable bonds is 2. The second kappa shape index (κ2) is 6.08. The molecule has 0 bridgehead atoms. The van der Waals surface area contributed by atoms with Crippen LogP contribution in [-0.4, -0.2) is 33.6 Å². The molecule has 1 fully saturated rings. The Labute approximate surface area is 152 Å². The van der Waals surface area contributed by atoms with Crippen LogP contribution in [0.3, 0.4) is 0 Å². The summed E-state index contributed by atoms with van der Waals surface area (Å²) in [4.78, 5) is 0. The molecular weight excluding hydrogens is 359 g/mol. The Bertz CT molecular complexity index is 982. The van der Waals surface area contributed by atoms with E-state index in [1.54, 1.807) is 24.3 Å². The first-order valence-electron chi connectivity index (χ1n) is 7.94. The van der Waals surface area contributed by atoms with Gasteiger partial charge in [-0.25, -0.2) is 21.5 Å². The summed E-state index contributed by atoms with van der Waals surface area (Å²) >= 11 is 0. The molecule has 1 saturated heterocycles. The molecule has 5 nitrogen and oxygen atoms in total. The van der Waals surface area contributed by atoms with E-state index in [0.29, 0.717) is 11.6 Å². The van der Waals surface area contributed by atoms with Gasteiger partial charge in [-0.15, -0.1) is 0 Å². The molecular formula is C17H18BF2N3O2S. The lowest BCUT2D eigenvalue weighted by Crippen LogP contribution is -2.62. The van der Waals surface area contributed by atoms with Gasteiger partial charge in [0, 0.05) is 18.7 Å². The predicted octanol–water partition coefficient (Wildman–Crippen LogP) is 0.979. The second-order valence-electron chi connectivity index (χ2n) is 6.60. The van der Waals surface area contributed by atoms with Gasteiger partial charge in [-0.3, -0.25) is 5.41 Å². The first-order chi connectivity index (χ1) is 12.1. The average Bonchev–Trinajstić information content (AvgIpc) is 2.54. The smallest absolute Gasteiger partial charge is 0.246 e. The molecule has 2 N–H and O–H groups in total. The zero-order valence-corrected chi connectivity index (χ0v) is 15.4. The third kappa shape index (κ3) is 2.76. The van der Waals surface area contributed by atoms with Crippen molar-refractivity contribution >= 4 is 29.3 Å². The van der Waals surface area contributed by atoms with Gasteiger partial charge in [0.15, 0.2) is 0 Å². The fraction of sp³-hybridized carbons (Fsp3) is 0.235. The monoisotopic (exact) mass is 377 g/mol. The minimum absolute atomic E-state index is 0.0223. The zero-order chi connectivity index (χ0) is 19.3. The number of hydrogen-bond acceptors (Lipinski definition) is 3. The molecule has 2 aromatic carbocycles. The summed E-state index contributed by atoms with van der Waals surface area (Å²) in [7, 11) is -0.871. The van der Waals surface area contributed by atoms with Crippen LogP contribution in [0.5, 0.6) is 0 Å². The number of nitrogens with one attached hydrogen (secondary N) is 2. The molecule has 1 aliphatic heterocycles. The maximum Gasteiger partial charge on any atom is 0.246 e. The number of guanidine groups is 1. The highest BCUT2D eigenvalue weighted by molar-refractivity contribution is 7.90. The van der Waals surface area contributed by atoms with Crippen molar-refractivity contribution in [2.45, 2.75) is 17.7 Å². The first-order valence-corrected chi connectivity index (χ1v) is 9.44. The molecule has 0 aromatic heterocycles. The third-order valence-electron chi connectivity index (χ3n) is 4.77. The van der Waals surface area contributed by atoms with E-state index in [2.05, 4.69) is 5.32 Å². The maximum atomic E-state index is 14.6. The Morgan fingerprint density at radius 2 is 1.81 bits per heavy atom. The minimum atomic E-state index is -4.01. The number of hydrogen-bond donors (Lipinski definition) is 2. The summed E-state index contributed by atoms with van der Waals surface area (Å²) in [5.41, 5.74) is -0.111. The number of nitrogens with zero attached hydrogens (tertiary/aromatic N) is 1. The van der Waals surface area contributed by atoms with Crippen LogP contribution in [-0.2, 0) is 15.6 Å². The maximum absolute atomic E-state index is 14.6. The molecule has 9 heteroatoms. The van der Waals surface area contributed by atoms with Crippen LogP contribution in [0.15, 0.2) is 42.5 Å².